The van der Waals surface area contributed by atoms with Crippen LogP contribution in [0.25, 0.3) is 16.6 Å². The predicted octanol–water partition coefficient (Wildman–Crippen LogP) is 4.08. The molecule has 2 aromatic carbocycles. The molecule has 0 aliphatic carbocycles. The van der Waals surface area contributed by atoms with Crippen molar-refractivity contribution in [2.24, 2.45) is 0 Å². The Hall–Kier alpha value is -1.43. The van der Waals surface area contributed by atoms with Crippen LogP contribution in [0, 0.1) is 16.3 Å². The number of aryl methyl sites for hydroxylation is 1. The molecular weight excluding hydrogens is 342 g/mol. The van der Waals surface area contributed by atoms with Gasteiger partial charge in [-0.05, 0) is 71.5 Å². The van der Waals surface area contributed by atoms with E-state index in [2.05, 4.69) is 46.7 Å². The molecule has 1 aromatic heterocycles. The third kappa shape index (κ3) is 1.90. The molecule has 0 unspecified atom stereocenters. The van der Waals surface area contributed by atoms with Crippen LogP contribution in [0.2, 0.25) is 0 Å². The van der Waals surface area contributed by atoms with Crippen LogP contribution in [0.5, 0.6) is 0 Å². The molecule has 1 heterocycles. The number of benzene rings is 2. The van der Waals surface area contributed by atoms with E-state index in [1.54, 1.807) is 12.1 Å². The van der Waals surface area contributed by atoms with E-state index in [-0.39, 0.29) is 5.82 Å². The molecule has 4 heteroatoms. The Kier molecular flexibility index (Phi) is 2.81. The molecule has 3 rings (SSSR count). The minimum absolute atomic E-state index is 0.235. The first-order chi connectivity index (χ1) is 8.65. The summed E-state index contributed by atoms with van der Waals surface area (Å²) in [4.78, 5) is 0. The van der Waals surface area contributed by atoms with Crippen molar-refractivity contribution >= 4 is 33.5 Å². The highest BCUT2D eigenvalue weighted by molar-refractivity contribution is 14.1. The van der Waals surface area contributed by atoms with Crippen LogP contribution >= 0.6 is 22.6 Å². The van der Waals surface area contributed by atoms with Gasteiger partial charge in [0.15, 0.2) is 0 Å². The fraction of sp³-hybridized carbons (Fsp3) is 0.0714. The third-order valence-corrected chi connectivity index (χ3v) is 4.08. The molecule has 90 valence electrons. The molecule has 0 N–H and O–H groups in total. The molecule has 0 atom stereocenters. The maximum Gasteiger partial charge on any atom is 0.123 e. The van der Waals surface area contributed by atoms with Gasteiger partial charge in [-0.2, -0.15) is 5.10 Å². The van der Waals surface area contributed by atoms with E-state index < -0.39 is 0 Å². The lowest BCUT2D eigenvalue weighted by atomic mass is 10.2. The first-order valence-electron chi connectivity index (χ1n) is 5.55. The molecular formula is C14H10FIN2. The van der Waals surface area contributed by atoms with Gasteiger partial charge in [0.25, 0.3) is 0 Å². The Morgan fingerprint density at radius 1 is 1.17 bits per heavy atom. The van der Waals surface area contributed by atoms with Gasteiger partial charge < -0.3 is 0 Å². The van der Waals surface area contributed by atoms with E-state index in [0.29, 0.717) is 0 Å². The van der Waals surface area contributed by atoms with Crippen LogP contribution in [-0.4, -0.2) is 9.78 Å². The van der Waals surface area contributed by atoms with Crippen molar-refractivity contribution in [3.63, 3.8) is 0 Å². The van der Waals surface area contributed by atoms with E-state index in [1.807, 2.05) is 10.9 Å². The average Bonchev–Trinajstić information content (AvgIpc) is 2.74. The second kappa shape index (κ2) is 4.35. The number of aromatic nitrogens is 2. The number of hydrogen-bond donors (Lipinski definition) is 0. The fourth-order valence-electron chi connectivity index (χ4n) is 1.94. The fourth-order valence-corrected chi connectivity index (χ4v) is 2.43. The second-order valence-corrected chi connectivity index (χ2v) is 5.36. The minimum Gasteiger partial charge on any atom is -0.233 e. The largest absolute Gasteiger partial charge is 0.233 e. The summed E-state index contributed by atoms with van der Waals surface area (Å²) in [5, 5.41) is 5.46. The van der Waals surface area contributed by atoms with E-state index in [4.69, 9.17) is 0 Å². The van der Waals surface area contributed by atoms with E-state index in [9.17, 15) is 4.39 Å². The van der Waals surface area contributed by atoms with Gasteiger partial charge in [-0.25, -0.2) is 9.07 Å². The van der Waals surface area contributed by atoms with Gasteiger partial charge in [0.1, 0.15) is 5.82 Å². The molecule has 0 aliphatic rings. The lowest BCUT2D eigenvalue weighted by Gasteiger charge is -2.05. The molecule has 0 saturated carbocycles. The minimum atomic E-state index is -0.235. The van der Waals surface area contributed by atoms with Crippen LogP contribution in [0.1, 0.15) is 5.56 Å². The van der Waals surface area contributed by atoms with Gasteiger partial charge >= 0.3 is 0 Å². The number of nitrogens with zero attached hydrogens (tertiary/aromatic N) is 2. The predicted molar refractivity (Wildman–Crippen MR) is 78.5 cm³/mol. The standard InChI is InChI=1S/C14H10FIN2/c1-9-6-14-10(7-13(9)16)8-17-18(14)12-4-2-11(15)3-5-12/h2-8H,1H3. The van der Waals surface area contributed by atoms with E-state index >= 15 is 0 Å². The van der Waals surface area contributed by atoms with Crippen LogP contribution in [0.3, 0.4) is 0 Å². The summed E-state index contributed by atoms with van der Waals surface area (Å²) in [5.74, 6) is -0.235. The molecule has 0 bridgehead atoms. The van der Waals surface area contributed by atoms with Crippen molar-refractivity contribution in [1.29, 1.82) is 0 Å². The number of hydrogen-bond acceptors (Lipinski definition) is 1. The first kappa shape index (κ1) is 11.6. The Morgan fingerprint density at radius 2 is 1.89 bits per heavy atom. The maximum atomic E-state index is 12.9. The van der Waals surface area contributed by atoms with Gasteiger partial charge in [0, 0.05) is 8.96 Å². The van der Waals surface area contributed by atoms with Crippen LogP contribution < -0.4 is 0 Å². The van der Waals surface area contributed by atoms with Gasteiger partial charge in [-0.1, -0.05) is 0 Å². The Labute approximate surface area is 118 Å². The topological polar surface area (TPSA) is 17.8 Å². The number of fused-ring (bicyclic) bond motifs is 1. The second-order valence-electron chi connectivity index (χ2n) is 4.19. The van der Waals surface area contributed by atoms with E-state index in [0.717, 1.165) is 16.6 Å². The highest BCUT2D eigenvalue weighted by Crippen LogP contribution is 2.23. The van der Waals surface area contributed by atoms with Crippen LogP contribution in [-0.2, 0) is 0 Å². The molecule has 18 heavy (non-hydrogen) atoms. The van der Waals surface area contributed by atoms with E-state index in [1.165, 1.54) is 21.3 Å². The summed E-state index contributed by atoms with van der Waals surface area (Å²) >= 11 is 2.31. The Morgan fingerprint density at radius 3 is 2.61 bits per heavy atom. The zero-order chi connectivity index (χ0) is 12.7. The highest BCUT2D eigenvalue weighted by atomic mass is 127. The molecule has 0 fully saturated rings. The van der Waals surface area contributed by atoms with Gasteiger partial charge in [-0.15, -0.1) is 0 Å². The van der Waals surface area contributed by atoms with Crippen LogP contribution in [0.15, 0.2) is 42.6 Å². The molecule has 3 aromatic rings. The Balaban J connectivity index is 2.23. The molecule has 0 aliphatic heterocycles. The SMILES string of the molecule is Cc1cc2c(cnn2-c2ccc(F)cc2)cc1I. The zero-order valence-electron chi connectivity index (χ0n) is 9.69. The van der Waals surface area contributed by atoms with Gasteiger partial charge in [0.2, 0.25) is 0 Å². The van der Waals surface area contributed by atoms with Crippen molar-refractivity contribution in [1.82, 2.24) is 9.78 Å². The summed E-state index contributed by atoms with van der Waals surface area (Å²) in [5.41, 5.74) is 3.12. The summed E-state index contributed by atoms with van der Waals surface area (Å²) < 4.78 is 16.0. The smallest absolute Gasteiger partial charge is 0.123 e. The summed E-state index contributed by atoms with van der Waals surface area (Å²) in [6, 6.07) is 10.6. The number of halogens is 2. The quantitative estimate of drug-likeness (QED) is 0.604. The van der Waals surface area contributed by atoms with Crippen molar-refractivity contribution in [2.45, 2.75) is 6.92 Å². The molecule has 0 radical (unpaired) electrons. The van der Waals surface area contributed by atoms with Gasteiger partial charge in [0.05, 0.1) is 17.4 Å². The number of rotatable bonds is 1. The third-order valence-electron chi connectivity index (χ3n) is 2.92. The van der Waals surface area contributed by atoms with Gasteiger partial charge in [-0.3, -0.25) is 0 Å². The average molecular weight is 352 g/mol. The zero-order valence-corrected chi connectivity index (χ0v) is 11.8. The lowest BCUT2D eigenvalue weighted by molar-refractivity contribution is 0.627. The van der Waals surface area contributed by atoms with Crippen molar-refractivity contribution in [3.05, 3.63) is 57.5 Å². The van der Waals surface area contributed by atoms with Crippen molar-refractivity contribution in [2.75, 3.05) is 0 Å². The molecule has 0 spiro atoms. The normalized spacial score (nSPS) is 11.1. The summed E-state index contributed by atoms with van der Waals surface area (Å²) in [6.07, 6.45) is 1.83. The first-order valence-corrected chi connectivity index (χ1v) is 6.63. The molecule has 0 amide bonds. The molecule has 0 saturated heterocycles. The maximum absolute atomic E-state index is 12.9. The lowest BCUT2D eigenvalue weighted by Crippen LogP contribution is -1.96. The highest BCUT2D eigenvalue weighted by Gasteiger charge is 2.07. The monoisotopic (exact) mass is 352 g/mol. The molecule has 2 nitrogen and oxygen atoms in total. The summed E-state index contributed by atoms with van der Waals surface area (Å²) in [6.45, 7) is 2.07. The van der Waals surface area contributed by atoms with Crippen molar-refractivity contribution in [3.8, 4) is 5.69 Å². The summed E-state index contributed by atoms with van der Waals surface area (Å²) in [7, 11) is 0. The van der Waals surface area contributed by atoms with Crippen molar-refractivity contribution < 1.29 is 4.39 Å². The van der Waals surface area contributed by atoms with Crippen LogP contribution in [0.4, 0.5) is 4.39 Å². The Bertz CT molecular complexity index is 716.